The maximum absolute atomic E-state index is 2.71. The SMILES string of the molecule is CC1(C)c2cccc3ccc4cc(N(c5ccc6ccccc6c5)c5ccc6sc7ccc([Si](c8ccccc8)(c8ccccc8)c8ccccc8)cc7c6c5)cc1c4c23. The molecule has 0 radical (unpaired) electrons. The van der Waals surface area contributed by atoms with Crippen LogP contribution in [0.5, 0.6) is 0 Å². The molecule has 0 saturated carbocycles. The predicted octanol–water partition coefficient (Wildman–Crippen LogP) is 13.0. The topological polar surface area (TPSA) is 3.24 Å². The Balaban J connectivity index is 1.10. The molecule has 1 nitrogen and oxygen atoms in total. The standard InChI is InChI=1S/C57H41NSSi/c1-57(2)51-24-14-17-39-25-26-41-34-44(36-52(57)56(41)55(39)51)58(42-28-27-38-15-12-13-16-40(38)33-42)43-29-31-53-49(35-43)50-37-48(30-32-54(50)59-53)60(45-18-6-3-7-19-45,46-20-8-4-9-21-46)47-22-10-5-11-23-47/h3-37H,1-2H3. The average molecular weight is 800 g/mol. The van der Waals surface area contributed by atoms with Gasteiger partial charge in [0.15, 0.2) is 8.07 Å². The van der Waals surface area contributed by atoms with Gasteiger partial charge in [-0.2, -0.15) is 0 Å². The number of benzene rings is 10. The molecule has 0 unspecified atom stereocenters. The van der Waals surface area contributed by atoms with E-state index in [4.69, 9.17) is 0 Å². The van der Waals surface area contributed by atoms with Gasteiger partial charge in [-0.3, -0.25) is 0 Å². The molecular weight excluding hydrogens is 759 g/mol. The second-order valence-corrected chi connectivity index (χ2v) is 21.8. The maximum Gasteiger partial charge on any atom is 0.179 e. The molecule has 1 aromatic heterocycles. The molecule has 0 spiro atoms. The van der Waals surface area contributed by atoms with Crippen molar-refractivity contribution in [3.05, 3.63) is 223 Å². The van der Waals surface area contributed by atoms with E-state index in [1.807, 2.05) is 11.3 Å². The second-order valence-electron chi connectivity index (χ2n) is 16.9. The average Bonchev–Trinajstić information content (AvgIpc) is 3.78. The van der Waals surface area contributed by atoms with E-state index in [0.29, 0.717) is 0 Å². The fourth-order valence-corrected chi connectivity index (χ4v) is 16.3. The first-order valence-corrected chi connectivity index (χ1v) is 23.7. The van der Waals surface area contributed by atoms with Crippen molar-refractivity contribution < 1.29 is 0 Å². The van der Waals surface area contributed by atoms with Crippen LogP contribution in [-0.2, 0) is 5.41 Å². The minimum absolute atomic E-state index is 0.122. The quantitative estimate of drug-likeness (QED) is 0.0882. The summed E-state index contributed by atoms with van der Waals surface area (Å²) < 4.78 is 2.61. The van der Waals surface area contributed by atoms with Crippen molar-refractivity contribution in [1.29, 1.82) is 0 Å². The molecule has 0 amide bonds. The Morgan fingerprint density at radius 3 is 1.58 bits per heavy atom. The molecule has 1 aliphatic rings. The fourth-order valence-electron chi connectivity index (χ4n) is 10.5. The molecule has 0 bridgehead atoms. The van der Waals surface area contributed by atoms with Crippen LogP contribution < -0.4 is 25.6 Å². The van der Waals surface area contributed by atoms with Crippen LogP contribution >= 0.6 is 11.3 Å². The molecule has 1 heterocycles. The highest BCUT2D eigenvalue weighted by molar-refractivity contribution is 7.26. The third kappa shape index (κ3) is 5.16. The smallest absolute Gasteiger partial charge is 0.179 e. The summed E-state index contributed by atoms with van der Waals surface area (Å²) in [6.45, 7) is 4.79. The Morgan fingerprint density at radius 1 is 0.367 bits per heavy atom. The Hall–Kier alpha value is -6.78. The molecule has 284 valence electrons. The fraction of sp³-hybridized carbons (Fsp3) is 0.0526. The summed E-state index contributed by atoms with van der Waals surface area (Å²) >= 11 is 1.89. The lowest BCUT2D eigenvalue weighted by molar-refractivity contribution is 0.663. The van der Waals surface area contributed by atoms with Crippen LogP contribution in [0.4, 0.5) is 17.1 Å². The zero-order valence-electron chi connectivity index (χ0n) is 33.6. The van der Waals surface area contributed by atoms with Gasteiger partial charge in [-0.15, -0.1) is 11.3 Å². The molecule has 11 aromatic rings. The van der Waals surface area contributed by atoms with Crippen LogP contribution in [-0.4, -0.2) is 8.07 Å². The van der Waals surface area contributed by atoms with E-state index in [-0.39, 0.29) is 5.41 Å². The molecule has 0 saturated heterocycles. The lowest BCUT2D eigenvalue weighted by atomic mass is 9.81. The number of hydrogen-bond donors (Lipinski definition) is 0. The van der Waals surface area contributed by atoms with Gasteiger partial charge in [-0.05, 0) is 113 Å². The monoisotopic (exact) mass is 799 g/mol. The molecule has 60 heavy (non-hydrogen) atoms. The van der Waals surface area contributed by atoms with Crippen molar-refractivity contribution in [3.8, 4) is 0 Å². The van der Waals surface area contributed by atoms with E-state index in [9.17, 15) is 0 Å². The van der Waals surface area contributed by atoms with Gasteiger partial charge < -0.3 is 4.90 Å². The Labute approximate surface area is 355 Å². The van der Waals surface area contributed by atoms with Crippen LogP contribution in [0.15, 0.2) is 212 Å². The van der Waals surface area contributed by atoms with Gasteiger partial charge in [0.1, 0.15) is 0 Å². The van der Waals surface area contributed by atoms with Gasteiger partial charge in [-0.25, -0.2) is 0 Å². The second kappa shape index (κ2) is 13.4. The minimum Gasteiger partial charge on any atom is -0.310 e. The predicted molar refractivity (Wildman–Crippen MR) is 262 cm³/mol. The van der Waals surface area contributed by atoms with Crippen LogP contribution in [0.3, 0.4) is 0 Å². The van der Waals surface area contributed by atoms with Crippen LogP contribution in [0.25, 0.3) is 52.5 Å². The zero-order valence-corrected chi connectivity index (χ0v) is 35.4. The van der Waals surface area contributed by atoms with Crippen molar-refractivity contribution in [3.63, 3.8) is 0 Å². The van der Waals surface area contributed by atoms with Crippen molar-refractivity contribution in [2.75, 3.05) is 4.90 Å². The van der Waals surface area contributed by atoms with E-state index >= 15 is 0 Å². The highest BCUT2D eigenvalue weighted by atomic mass is 32.1. The number of fused-ring (bicyclic) bond motifs is 4. The first-order valence-electron chi connectivity index (χ1n) is 20.9. The lowest BCUT2D eigenvalue weighted by Gasteiger charge is -2.34. The van der Waals surface area contributed by atoms with Crippen molar-refractivity contribution in [2.24, 2.45) is 0 Å². The van der Waals surface area contributed by atoms with E-state index < -0.39 is 8.07 Å². The molecule has 1 aliphatic carbocycles. The molecule has 10 aromatic carbocycles. The number of nitrogens with zero attached hydrogens (tertiary/aromatic N) is 1. The molecule has 3 heteroatoms. The zero-order chi connectivity index (χ0) is 40.0. The number of thiophene rings is 1. The van der Waals surface area contributed by atoms with Gasteiger partial charge in [-0.1, -0.05) is 178 Å². The maximum atomic E-state index is 2.54. The van der Waals surface area contributed by atoms with E-state index in [0.717, 1.165) is 11.4 Å². The van der Waals surface area contributed by atoms with E-state index in [1.165, 1.54) is 90.1 Å². The van der Waals surface area contributed by atoms with Gasteiger partial charge in [0.05, 0.1) is 0 Å². The van der Waals surface area contributed by atoms with Gasteiger partial charge >= 0.3 is 0 Å². The Bertz CT molecular complexity index is 3360. The van der Waals surface area contributed by atoms with Crippen LogP contribution in [0, 0.1) is 0 Å². The van der Waals surface area contributed by atoms with E-state index in [1.54, 1.807) is 0 Å². The first-order chi connectivity index (χ1) is 29.5. The van der Waals surface area contributed by atoms with Crippen molar-refractivity contribution >= 4 is 110 Å². The van der Waals surface area contributed by atoms with E-state index in [2.05, 4.69) is 231 Å². The third-order valence-corrected chi connectivity index (χ3v) is 19.2. The summed E-state index contributed by atoms with van der Waals surface area (Å²) in [4.78, 5) is 2.50. The van der Waals surface area contributed by atoms with Gasteiger partial charge in [0.25, 0.3) is 0 Å². The van der Waals surface area contributed by atoms with Crippen molar-refractivity contribution in [1.82, 2.24) is 0 Å². The molecule has 0 atom stereocenters. The molecule has 12 rings (SSSR count). The summed E-state index contributed by atoms with van der Waals surface area (Å²) in [7, 11) is -2.71. The summed E-state index contributed by atoms with van der Waals surface area (Å²) in [5, 5.41) is 16.0. The molecule has 0 aliphatic heterocycles. The third-order valence-electron chi connectivity index (χ3n) is 13.3. The Morgan fingerprint density at radius 2 is 0.883 bits per heavy atom. The largest absolute Gasteiger partial charge is 0.310 e. The minimum atomic E-state index is -2.71. The molecule has 0 fully saturated rings. The number of hydrogen-bond acceptors (Lipinski definition) is 2. The summed E-state index contributed by atoms with van der Waals surface area (Å²) in [6, 6.07) is 80.2. The van der Waals surface area contributed by atoms with Crippen LogP contribution in [0.2, 0.25) is 0 Å². The van der Waals surface area contributed by atoms with Crippen molar-refractivity contribution in [2.45, 2.75) is 19.3 Å². The first kappa shape index (κ1) is 35.2. The van der Waals surface area contributed by atoms with Gasteiger partial charge in [0.2, 0.25) is 0 Å². The summed E-state index contributed by atoms with van der Waals surface area (Å²) in [6.07, 6.45) is 0. The highest BCUT2D eigenvalue weighted by Gasteiger charge is 2.41. The highest BCUT2D eigenvalue weighted by Crippen LogP contribution is 2.51. The summed E-state index contributed by atoms with van der Waals surface area (Å²) in [5.41, 5.74) is 6.17. The van der Waals surface area contributed by atoms with Gasteiger partial charge in [0, 0.05) is 42.6 Å². The van der Waals surface area contributed by atoms with Crippen LogP contribution in [0.1, 0.15) is 25.0 Å². The normalized spacial score (nSPS) is 13.3. The number of anilines is 3. The summed E-state index contributed by atoms with van der Waals surface area (Å²) in [5.74, 6) is 0. The molecular formula is C57H41NSSi. The molecule has 0 N–H and O–H groups in total. The number of rotatable bonds is 7. The lowest BCUT2D eigenvalue weighted by Crippen LogP contribution is -2.74. The Kier molecular flexibility index (Phi) is 7.84.